The summed E-state index contributed by atoms with van der Waals surface area (Å²) >= 11 is 0. The maximum atomic E-state index is 13.1. The molecule has 0 rings (SSSR count). The van der Waals surface area contributed by atoms with Gasteiger partial charge in [-0.05, 0) is 43.4 Å². The van der Waals surface area contributed by atoms with Gasteiger partial charge < -0.3 is 33.8 Å². The summed E-state index contributed by atoms with van der Waals surface area (Å²) in [4.78, 5) is 72.9. The molecule has 17 nitrogen and oxygen atoms in total. The zero-order valence-corrected chi connectivity index (χ0v) is 65.3. The molecule has 0 aromatic carbocycles. The van der Waals surface area contributed by atoms with E-state index < -0.39 is 97.5 Å². The minimum Gasteiger partial charge on any atom is -0.462 e. The number of phosphoric acid groups is 2. The quantitative estimate of drug-likeness (QED) is 0.0222. The van der Waals surface area contributed by atoms with Gasteiger partial charge in [0.05, 0.1) is 26.4 Å². The Labute approximate surface area is 594 Å². The van der Waals surface area contributed by atoms with Crippen LogP contribution in [-0.4, -0.2) is 96.7 Å². The van der Waals surface area contributed by atoms with Gasteiger partial charge in [0.15, 0.2) is 12.2 Å². The van der Waals surface area contributed by atoms with Crippen molar-refractivity contribution < 1.29 is 80.2 Å². The minimum atomic E-state index is -4.96. The summed E-state index contributed by atoms with van der Waals surface area (Å²) in [5, 5.41) is 10.6. The molecule has 7 atom stereocenters. The van der Waals surface area contributed by atoms with Gasteiger partial charge in [-0.3, -0.25) is 37.3 Å². The van der Waals surface area contributed by atoms with Gasteiger partial charge in [-0.25, -0.2) is 9.13 Å². The van der Waals surface area contributed by atoms with Crippen LogP contribution in [0.1, 0.15) is 402 Å². The number of aliphatic hydroxyl groups is 1. The Balaban J connectivity index is 5.22. The van der Waals surface area contributed by atoms with Crippen molar-refractivity contribution in [3.63, 3.8) is 0 Å². The van der Waals surface area contributed by atoms with Crippen LogP contribution < -0.4 is 0 Å². The molecule has 0 bridgehead atoms. The van der Waals surface area contributed by atoms with Crippen LogP contribution in [0.2, 0.25) is 0 Å². The zero-order valence-electron chi connectivity index (χ0n) is 63.5. The van der Waals surface area contributed by atoms with Gasteiger partial charge in [-0.15, -0.1) is 0 Å². The third kappa shape index (κ3) is 69.5. The summed E-state index contributed by atoms with van der Waals surface area (Å²) in [7, 11) is -9.92. The summed E-state index contributed by atoms with van der Waals surface area (Å²) in [6.45, 7) is 11.9. The molecule has 0 aliphatic rings. The van der Waals surface area contributed by atoms with Crippen molar-refractivity contribution in [1.82, 2.24) is 0 Å². The molecule has 0 aromatic rings. The molecule has 97 heavy (non-hydrogen) atoms. The van der Waals surface area contributed by atoms with Gasteiger partial charge >= 0.3 is 39.5 Å². The first kappa shape index (κ1) is 95.1. The van der Waals surface area contributed by atoms with Crippen LogP contribution in [0.25, 0.3) is 0 Å². The number of hydrogen-bond donors (Lipinski definition) is 3. The molecule has 0 amide bonds. The van der Waals surface area contributed by atoms with Crippen LogP contribution in [0.15, 0.2) is 0 Å². The lowest BCUT2D eigenvalue weighted by molar-refractivity contribution is -0.161. The second kappa shape index (κ2) is 68.5. The fraction of sp³-hybridized carbons (Fsp3) is 0.949. The summed E-state index contributed by atoms with van der Waals surface area (Å²) in [5.41, 5.74) is 0. The predicted molar refractivity (Wildman–Crippen MR) is 395 cm³/mol. The number of phosphoric ester groups is 2. The number of hydrogen-bond acceptors (Lipinski definition) is 15. The second-order valence-electron chi connectivity index (χ2n) is 29.1. The number of esters is 4. The molecule has 0 aliphatic heterocycles. The maximum Gasteiger partial charge on any atom is 0.472 e. The molecule has 0 radical (unpaired) electrons. The molecule has 0 aliphatic carbocycles. The van der Waals surface area contributed by atoms with Crippen LogP contribution in [0.4, 0.5) is 0 Å². The predicted octanol–water partition coefficient (Wildman–Crippen LogP) is 23.0. The first-order valence-corrected chi connectivity index (χ1v) is 43.4. The number of ether oxygens (including phenoxy) is 4. The van der Waals surface area contributed by atoms with Gasteiger partial charge in [0.25, 0.3) is 0 Å². The molecular formula is C78H152O17P2. The van der Waals surface area contributed by atoms with Gasteiger partial charge in [-0.2, -0.15) is 0 Å². The highest BCUT2D eigenvalue weighted by Gasteiger charge is 2.30. The highest BCUT2D eigenvalue weighted by molar-refractivity contribution is 7.47. The van der Waals surface area contributed by atoms with E-state index in [0.717, 1.165) is 108 Å². The van der Waals surface area contributed by atoms with E-state index in [4.69, 9.17) is 37.0 Å². The Kier molecular flexibility index (Phi) is 67.1. The molecule has 3 N–H and O–H groups in total. The summed E-state index contributed by atoms with van der Waals surface area (Å²) in [5.74, 6) is 0.174. The Morgan fingerprint density at radius 3 is 0.784 bits per heavy atom. The first-order valence-electron chi connectivity index (χ1n) is 40.4. The van der Waals surface area contributed by atoms with E-state index in [1.807, 2.05) is 0 Å². The van der Waals surface area contributed by atoms with Crippen molar-refractivity contribution >= 4 is 39.5 Å². The number of unbranched alkanes of at least 4 members (excludes halogenated alkanes) is 42. The smallest absolute Gasteiger partial charge is 0.462 e. The van der Waals surface area contributed by atoms with Crippen molar-refractivity contribution in [1.29, 1.82) is 0 Å². The monoisotopic (exact) mass is 1420 g/mol. The number of carbonyl (C=O) groups excluding carboxylic acids is 4. The van der Waals surface area contributed by atoms with E-state index in [0.29, 0.717) is 31.6 Å². The van der Waals surface area contributed by atoms with E-state index >= 15 is 0 Å². The first-order chi connectivity index (χ1) is 46.8. The molecule has 0 aromatic heterocycles. The van der Waals surface area contributed by atoms with Crippen LogP contribution in [-0.2, 0) is 65.4 Å². The van der Waals surface area contributed by atoms with Crippen molar-refractivity contribution in [3.05, 3.63) is 0 Å². The highest BCUT2D eigenvalue weighted by Crippen LogP contribution is 2.45. The van der Waals surface area contributed by atoms with Crippen molar-refractivity contribution in [2.24, 2.45) is 17.8 Å². The lowest BCUT2D eigenvalue weighted by atomic mass is 9.99. The van der Waals surface area contributed by atoms with E-state index in [1.165, 1.54) is 205 Å². The van der Waals surface area contributed by atoms with Crippen LogP contribution in [0.3, 0.4) is 0 Å². The molecule has 0 saturated heterocycles. The van der Waals surface area contributed by atoms with E-state index in [1.54, 1.807) is 0 Å². The van der Waals surface area contributed by atoms with Crippen LogP contribution in [0.5, 0.6) is 0 Å². The Morgan fingerprint density at radius 1 is 0.299 bits per heavy atom. The Morgan fingerprint density at radius 2 is 0.526 bits per heavy atom. The summed E-state index contributed by atoms with van der Waals surface area (Å²) in [6.07, 6.45) is 55.6. The number of rotatable bonds is 76. The van der Waals surface area contributed by atoms with Gasteiger partial charge in [0.2, 0.25) is 0 Å². The van der Waals surface area contributed by atoms with E-state index in [2.05, 4.69) is 48.5 Å². The SMILES string of the molecule is CCCCCCCCCCCCCCCCCCCCCCC(=O)O[C@H](COC(=O)CCCCCCCCCCCCC(C)CC)COP(=O)(O)OC[C@@H](O)COP(=O)(O)OC[C@@H](COC(=O)CCCCCCCCC(C)C)OC(=O)CCCCCCCCCCCCC(C)CC. The molecule has 0 fully saturated rings. The van der Waals surface area contributed by atoms with E-state index in [9.17, 15) is 43.2 Å². The van der Waals surface area contributed by atoms with Gasteiger partial charge in [0, 0.05) is 25.7 Å². The number of carbonyl (C=O) groups is 4. The van der Waals surface area contributed by atoms with E-state index in [-0.39, 0.29) is 25.7 Å². The Hall–Kier alpha value is -1.94. The summed E-state index contributed by atoms with van der Waals surface area (Å²) in [6, 6.07) is 0. The molecule has 0 heterocycles. The molecule has 576 valence electrons. The van der Waals surface area contributed by atoms with Crippen LogP contribution >= 0.6 is 15.6 Å². The van der Waals surface area contributed by atoms with Crippen molar-refractivity contribution in [3.8, 4) is 0 Å². The Bertz CT molecular complexity index is 1890. The lowest BCUT2D eigenvalue weighted by Crippen LogP contribution is -2.30. The fourth-order valence-electron chi connectivity index (χ4n) is 11.9. The van der Waals surface area contributed by atoms with Crippen molar-refractivity contribution in [2.75, 3.05) is 39.6 Å². The minimum absolute atomic E-state index is 0.105. The standard InChI is InChI=1S/C78H152O17P2/c1-8-11-12-13-14-15-16-17-18-19-20-21-22-23-24-25-33-38-47-54-61-77(82)94-73(65-88-75(80)59-52-45-37-32-28-26-30-35-43-50-57-70(6)9-2)67-92-96(84,85)90-63-72(79)64-91-97(86,87)93-68-74(66-89-76(81)60-53-46-41-40-42-49-56-69(4)5)95-78(83)62-55-48-39-34-29-27-31-36-44-51-58-71(7)10-3/h69-74,79H,8-68H2,1-7H3,(H,84,85)(H,86,87)/t70?,71?,72-,73-,74-/m1/s1. The summed E-state index contributed by atoms with van der Waals surface area (Å²) < 4.78 is 68.6. The van der Waals surface area contributed by atoms with Crippen LogP contribution in [0, 0.1) is 17.8 Å². The molecule has 0 saturated carbocycles. The normalized spacial score (nSPS) is 14.6. The third-order valence-electron chi connectivity index (χ3n) is 18.9. The largest absolute Gasteiger partial charge is 0.472 e. The van der Waals surface area contributed by atoms with Gasteiger partial charge in [-0.1, -0.05) is 350 Å². The van der Waals surface area contributed by atoms with Crippen molar-refractivity contribution in [2.45, 2.75) is 420 Å². The lowest BCUT2D eigenvalue weighted by Gasteiger charge is -2.21. The zero-order chi connectivity index (χ0) is 71.6. The molecular weight excluding hydrogens is 1270 g/mol. The number of aliphatic hydroxyl groups excluding tert-OH is 1. The molecule has 4 unspecified atom stereocenters. The molecule has 0 spiro atoms. The average Bonchev–Trinajstić information content (AvgIpc) is 1.35. The second-order valence-corrected chi connectivity index (χ2v) is 32.0. The third-order valence-corrected chi connectivity index (χ3v) is 20.8. The maximum absolute atomic E-state index is 13.1. The highest BCUT2D eigenvalue weighted by atomic mass is 31.2. The van der Waals surface area contributed by atoms with Gasteiger partial charge in [0.1, 0.15) is 19.3 Å². The average molecular weight is 1420 g/mol. The molecule has 19 heteroatoms. The topological polar surface area (TPSA) is 237 Å². The fourth-order valence-corrected chi connectivity index (χ4v) is 13.5.